The van der Waals surface area contributed by atoms with Crippen LogP contribution in [0.2, 0.25) is 0 Å². The molecule has 1 aliphatic heterocycles. The lowest BCUT2D eigenvalue weighted by molar-refractivity contribution is -0.210. The predicted molar refractivity (Wildman–Crippen MR) is 50.8 cm³/mol. The topological polar surface area (TPSA) is 61.8 Å². The summed E-state index contributed by atoms with van der Waals surface area (Å²) in [6.45, 7) is 5.04. The maximum absolute atomic E-state index is 10.8. The molecule has 1 fully saturated rings. The summed E-state index contributed by atoms with van der Waals surface area (Å²) in [5.74, 6) is -0.591. The minimum atomic E-state index is -0.594. The molecule has 86 valence electrons. The van der Waals surface area contributed by atoms with Crippen molar-refractivity contribution in [3.05, 3.63) is 0 Å². The largest absolute Gasteiger partial charge is 0.462 e. The Morgan fingerprint density at radius 3 is 2.33 bits per heavy atom. The van der Waals surface area contributed by atoms with Gasteiger partial charge in [-0.15, -0.1) is 0 Å². The Morgan fingerprint density at radius 2 is 1.80 bits per heavy atom. The van der Waals surface area contributed by atoms with Gasteiger partial charge < -0.3 is 14.2 Å². The van der Waals surface area contributed by atoms with Crippen molar-refractivity contribution in [3.8, 4) is 0 Å². The number of rotatable bonds is 2. The predicted octanol–water partition coefficient (Wildman–Crippen LogP) is 0.864. The molecule has 3 atom stereocenters. The summed E-state index contributed by atoms with van der Waals surface area (Å²) in [7, 11) is 0. The van der Waals surface area contributed by atoms with Gasteiger partial charge in [0.25, 0.3) is 0 Å². The van der Waals surface area contributed by atoms with E-state index in [1.165, 1.54) is 13.8 Å². The van der Waals surface area contributed by atoms with Crippen LogP contribution in [0.3, 0.4) is 0 Å². The average Bonchev–Trinajstić information content (AvgIpc) is 2.09. The van der Waals surface area contributed by atoms with Gasteiger partial charge in [-0.2, -0.15) is 0 Å². The van der Waals surface area contributed by atoms with Crippen molar-refractivity contribution >= 4 is 11.9 Å². The molecule has 1 saturated heterocycles. The first kappa shape index (κ1) is 12.0. The molecule has 5 nitrogen and oxygen atoms in total. The second kappa shape index (κ2) is 5.11. The molecule has 0 bridgehead atoms. The molecule has 0 aliphatic carbocycles. The molecule has 0 aromatic rings. The first-order valence-electron chi connectivity index (χ1n) is 4.95. The molecule has 1 unspecified atom stereocenters. The molecule has 1 aliphatic rings. The molecule has 1 rings (SSSR count). The van der Waals surface area contributed by atoms with Crippen LogP contribution >= 0.6 is 0 Å². The number of esters is 2. The van der Waals surface area contributed by atoms with Crippen LogP contribution in [0.1, 0.15) is 27.2 Å². The minimum absolute atomic E-state index is 0.126. The van der Waals surface area contributed by atoms with Crippen LogP contribution in [0.5, 0.6) is 0 Å². The molecule has 0 aromatic heterocycles. The van der Waals surface area contributed by atoms with Gasteiger partial charge in [-0.1, -0.05) is 6.92 Å². The summed E-state index contributed by atoms with van der Waals surface area (Å²) in [6.07, 6.45) is -0.427. The van der Waals surface area contributed by atoms with Crippen molar-refractivity contribution in [3.63, 3.8) is 0 Å². The maximum Gasteiger partial charge on any atom is 0.304 e. The highest BCUT2D eigenvalue weighted by Gasteiger charge is 2.32. The Bertz CT molecular complexity index is 250. The van der Waals surface area contributed by atoms with Crippen molar-refractivity contribution in [2.24, 2.45) is 5.92 Å². The van der Waals surface area contributed by atoms with Crippen LogP contribution in [-0.4, -0.2) is 30.9 Å². The zero-order valence-electron chi connectivity index (χ0n) is 9.19. The molecule has 0 saturated carbocycles. The number of hydrogen-bond donors (Lipinski definition) is 0. The number of ether oxygens (including phenoxy) is 3. The van der Waals surface area contributed by atoms with Crippen molar-refractivity contribution in [1.82, 2.24) is 0 Å². The summed E-state index contributed by atoms with van der Waals surface area (Å²) in [5.41, 5.74) is 0. The fraction of sp³-hybridized carbons (Fsp3) is 0.800. The molecule has 0 radical (unpaired) electrons. The van der Waals surface area contributed by atoms with Gasteiger partial charge in [-0.05, 0) is 0 Å². The van der Waals surface area contributed by atoms with Gasteiger partial charge in [0.15, 0.2) is 0 Å². The van der Waals surface area contributed by atoms with Crippen LogP contribution in [0.15, 0.2) is 0 Å². The second-order valence-electron chi connectivity index (χ2n) is 3.73. The second-order valence-corrected chi connectivity index (χ2v) is 3.73. The van der Waals surface area contributed by atoms with Crippen LogP contribution in [0, 0.1) is 5.92 Å². The Hall–Kier alpha value is -1.10. The van der Waals surface area contributed by atoms with E-state index in [1.807, 2.05) is 6.92 Å². The van der Waals surface area contributed by atoms with E-state index >= 15 is 0 Å². The zero-order valence-corrected chi connectivity index (χ0v) is 9.19. The molecule has 0 spiro atoms. The Kier molecular flexibility index (Phi) is 4.08. The van der Waals surface area contributed by atoms with Crippen LogP contribution < -0.4 is 0 Å². The van der Waals surface area contributed by atoms with Crippen LogP contribution in [-0.2, 0) is 23.8 Å². The molecule has 1 heterocycles. The van der Waals surface area contributed by atoms with Crippen molar-refractivity contribution in [1.29, 1.82) is 0 Å². The highest BCUT2D eigenvalue weighted by molar-refractivity contribution is 5.66. The van der Waals surface area contributed by atoms with E-state index in [-0.39, 0.29) is 18.0 Å². The fourth-order valence-corrected chi connectivity index (χ4v) is 1.50. The summed E-state index contributed by atoms with van der Waals surface area (Å²) in [6, 6.07) is 0. The summed E-state index contributed by atoms with van der Waals surface area (Å²) >= 11 is 0. The molecule has 0 amide bonds. The van der Waals surface area contributed by atoms with Gasteiger partial charge in [0.2, 0.25) is 6.29 Å². The third-order valence-corrected chi connectivity index (χ3v) is 2.22. The zero-order chi connectivity index (χ0) is 11.4. The van der Waals surface area contributed by atoms with Crippen molar-refractivity contribution in [2.75, 3.05) is 6.61 Å². The Labute approximate surface area is 88.7 Å². The molecule has 0 N–H and O–H groups in total. The Morgan fingerprint density at radius 1 is 1.20 bits per heavy atom. The van der Waals surface area contributed by atoms with Gasteiger partial charge in [0.05, 0.1) is 6.61 Å². The van der Waals surface area contributed by atoms with E-state index in [2.05, 4.69) is 0 Å². The van der Waals surface area contributed by atoms with Crippen molar-refractivity contribution in [2.45, 2.75) is 39.6 Å². The van der Waals surface area contributed by atoms with Gasteiger partial charge in [0, 0.05) is 26.2 Å². The lowest BCUT2D eigenvalue weighted by Crippen LogP contribution is -2.40. The Balaban J connectivity index is 2.47. The number of hydrogen-bond acceptors (Lipinski definition) is 5. The van der Waals surface area contributed by atoms with Gasteiger partial charge in [-0.25, -0.2) is 0 Å². The van der Waals surface area contributed by atoms with E-state index < -0.39 is 12.3 Å². The molecule has 5 heteroatoms. The quantitative estimate of drug-likeness (QED) is 0.641. The van der Waals surface area contributed by atoms with Crippen LogP contribution in [0.4, 0.5) is 0 Å². The third-order valence-electron chi connectivity index (χ3n) is 2.22. The molecular formula is C10H16O5. The standard InChI is InChI=1S/C10H16O5/c1-6-5-13-10(15-8(3)12)4-9(6)14-7(2)11/h6,9-10H,4-5H2,1-3H3/t6-,9-,10?/m0/s1. The molecule has 15 heavy (non-hydrogen) atoms. The summed E-state index contributed by atoms with van der Waals surface area (Å²) in [4.78, 5) is 21.5. The average molecular weight is 216 g/mol. The third kappa shape index (κ3) is 3.87. The van der Waals surface area contributed by atoms with Gasteiger partial charge in [0.1, 0.15) is 6.10 Å². The normalized spacial score (nSPS) is 30.7. The fourth-order valence-electron chi connectivity index (χ4n) is 1.50. The number of carbonyl (C=O) groups excluding carboxylic acids is 2. The van der Waals surface area contributed by atoms with E-state index in [0.717, 1.165) is 0 Å². The minimum Gasteiger partial charge on any atom is -0.462 e. The van der Waals surface area contributed by atoms with Gasteiger partial charge in [-0.3, -0.25) is 9.59 Å². The summed E-state index contributed by atoms with van der Waals surface area (Å²) in [5, 5.41) is 0. The van der Waals surface area contributed by atoms with E-state index in [4.69, 9.17) is 14.2 Å². The monoisotopic (exact) mass is 216 g/mol. The lowest BCUT2D eigenvalue weighted by Gasteiger charge is -2.32. The van der Waals surface area contributed by atoms with E-state index in [0.29, 0.717) is 13.0 Å². The van der Waals surface area contributed by atoms with E-state index in [9.17, 15) is 9.59 Å². The summed E-state index contributed by atoms with van der Waals surface area (Å²) < 4.78 is 15.3. The highest BCUT2D eigenvalue weighted by atomic mass is 16.7. The highest BCUT2D eigenvalue weighted by Crippen LogP contribution is 2.23. The maximum atomic E-state index is 10.8. The van der Waals surface area contributed by atoms with Crippen LogP contribution in [0.25, 0.3) is 0 Å². The first-order valence-corrected chi connectivity index (χ1v) is 4.95. The number of carbonyl (C=O) groups is 2. The SMILES string of the molecule is CC(=O)OC1C[C@H](OC(C)=O)[C@@H](C)CO1. The lowest BCUT2D eigenvalue weighted by atomic mass is 10.00. The van der Waals surface area contributed by atoms with Gasteiger partial charge >= 0.3 is 11.9 Å². The first-order chi connectivity index (χ1) is 6.99. The molecule has 0 aromatic carbocycles. The van der Waals surface area contributed by atoms with Crippen molar-refractivity contribution < 1.29 is 23.8 Å². The van der Waals surface area contributed by atoms with E-state index in [1.54, 1.807) is 0 Å². The molecular weight excluding hydrogens is 200 g/mol. The smallest absolute Gasteiger partial charge is 0.304 e.